The third kappa shape index (κ3) is 1.76. The van der Waals surface area contributed by atoms with E-state index >= 15 is 0 Å². The van der Waals surface area contributed by atoms with Crippen molar-refractivity contribution in [2.75, 3.05) is 0 Å². The molecule has 0 bridgehead atoms. The Balaban J connectivity index is 2.47. The molecule has 0 atom stereocenters. The molecule has 2 nitrogen and oxygen atoms in total. The summed E-state index contributed by atoms with van der Waals surface area (Å²) in [7, 11) is 0. The number of benzene rings is 1. The molecule has 72 valence electrons. The zero-order valence-electron chi connectivity index (χ0n) is 7.29. The molecule has 0 radical (unpaired) electrons. The fraction of sp³-hybridized carbons (Fsp3) is 0.111. The van der Waals surface area contributed by atoms with Gasteiger partial charge in [-0.25, -0.2) is 9.37 Å². The molecule has 0 amide bonds. The molecule has 0 saturated heterocycles. The van der Waals surface area contributed by atoms with Crippen molar-refractivity contribution in [1.82, 2.24) is 9.36 Å². The maximum absolute atomic E-state index is 13.2. The van der Waals surface area contributed by atoms with Crippen LogP contribution in [-0.4, -0.2) is 9.36 Å². The molecule has 2 aromatic rings. The molecule has 2 rings (SSSR count). The van der Waals surface area contributed by atoms with E-state index in [1.807, 2.05) is 0 Å². The number of aromatic nitrogens is 2. The van der Waals surface area contributed by atoms with Crippen LogP contribution in [0.3, 0.4) is 0 Å². The van der Waals surface area contributed by atoms with Crippen LogP contribution in [0.1, 0.15) is 5.56 Å². The summed E-state index contributed by atoms with van der Waals surface area (Å²) in [6.07, 6.45) is 0. The summed E-state index contributed by atoms with van der Waals surface area (Å²) in [5.41, 5.74) is 1.26. The Kier molecular flexibility index (Phi) is 2.48. The number of rotatable bonds is 1. The van der Waals surface area contributed by atoms with Crippen LogP contribution in [-0.2, 0) is 0 Å². The average Bonchev–Trinajstić information content (AvgIpc) is 2.57. The minimum Gasteiger partial charge on any atom is -0.207 e. The Morgan fingerprint density at radius 1 is 1.43 bits per heavy atom. The second kappa shape index (κ2) is 3.63. The lowest BCUT2D eigenvalue weighted by atomic mass is 10.1. The van der Waals surface area contributed by atoms with E-state index in [1.165, 1.54) is 6.07 Å². The summed E-state index contributed by atoms with van der Waals surface area (Å²) in [6.45, 7) is 1.71. The van der Waals surface area contributed by atoms with Gasteiger partial charge in [-0.3, -0.25) is 0 Å². The lowest BCUT2D eigenvalue weighted by Crippen LogP contribution is -1.85. The lowest BCUT2D eigenvalue weighted by Gasteiger charge is -1.98. The highest BCUT2D eigenvalue weighted by Crippen LogP contribution is 2.22. The van der Waals surface area contributed by atoms with Gasteiger partial charge in [-0.15, -0.1) is 0 Å². The SMILES string of the molecule is Cc1ccc(-c2nsc(Cl)n2)cc1F. The number of hydrogen-bond donors (Lipinski definition) is 0. The summed E-state index contributed by atoms with van der Waals surface area (Å²) in [4.78, 5) is 3.96. The summed E-state index contributed by atoms with van der Waals surface area (Å²) in [5, 5.41) is 0. The quantitative estimate of drug-likeness (QED) is 0.749. The van der Waals surface area contributed by atoms with Crippen molar-refractivity contribution >= 4 is 23.1 Å². The monoisotopic (exact) mass is 228 g/mol. The summed E-state index contributed by atoms with van der Waals surface area (Å²) in [6, 6.07) is 4.88. The Morgan fingerprint density at radius 3 is 2.79 bits per heavy atom. The highest BCUT2D eigenvalue weighted by atomic mass is 35.5. The number of aryl methyl sites for hydroxylation is 1. The Labute approximate surface area is 89.5 Å². The third-order valence-electron chi connectivity index (χ3n) is 1.83. The zero-order chi connectivity index (χ0) is 10.1. The van der Waals surface area contributed by atoms with Gasteiger partial charge in [0.15, 0.2) is 5.82 Å². The van der Waals surface area contributed by atoms with Crippen molar-refractivity contribution in [3.8, 4) is 11.4 Å². The van der Waals surface area contributed by atoms with Gasteiger partial charge in [0.2, 0.25) is 4.47 Å². The highest BCUT2D eigenvalue weighted by molar-refractivity contribution is 7.10. The molecule has 0 aliphatic heterocycles. The minimum atomic E-state index is -0.256. The van der Waals surface area contributed by atoms with Gasteiger partial charge in [0.25, 0.3) is 0 Å². The highest BCUT2D eigenvalue weighted by Gasteiger charge is 2.06. The van der Waals surface area contributed by atoms with Crippen LogP contribution < -0.4 is 0 Å². The predicted molar refractivity (Wildman–Crippen MR) is 55.1 cm³/mol. The van der Waals surface area contributed by atoms with Gasteiger partial charge >= 0.3 is 0 Å². The van der Waals surface area contributed by atoms with Crippen molar-refractivity contribution in [1.29, 1.82) is 0 Å². The van der Waals surface area contributed by atoms with Crippen molar-refractivity contribution in [3.05, 3.63) is 34.0 Å². The van der Waals surface area contributed by atoms with Crippen molar-refractivity contribution in [2.24, 2.45) is 0 Å². The molecule has 0 fully saturated rings. The molecule has 0 aliphatic carbocycles. The van der Waals surface area contributed by atoms with E-state index in [0.717, 1.165) is 11.5 Å². The second-order valence-electron chi connectivity index (χ2n) is 2.83. The molecule has 0 spiro atoms. The molecule has 0 N–H and O–H groups in total. The summed E-state index contributed by atoms with van der Waals surface area (Å²) in [5.74, 6) is 0.215. The molecule has 14 heavy (non-hydrogen) atoms. The van der Waals surface area contributed by atoms with Gasteiger partial charge in [0, 0.05) is 5.56 Å². The smallest absolute Gasteiger partial charge is 0.203 e. The van der Waals surface area contributed by atoms with Gasteiger partial charge < -0.3 is 0 Å². The molecular formula is C9H6ClFN2S. The Morgan fingerprint density at radius 2 is 2.21 bits per heavy atom. The van der Waals surface area contributed by atoms with E-state index in [4.69, 9.17) is 11.6 Å². The predicted octanol–water partition coefficient (Wildman–Crippen LogP) is 3.31. The minimum absolute atomic E-state index is 0.256. The first-order valence-corrected chi connectivity index (χ1v) is 5.07. The number of hydrogen-bond acceptors (Lipinski definition) is 3. The summed E-state index contributed by atoms with van der Waals surface area (Å²) >= 11 is 6.72. The van der Waals surface area contributed by atoms with Crippen molar-refractivity contribution < 1.29 is 4.39 Å². The second-order valence-corrected chi connectivity index (χ2v) is 4.17. The van der Waals surface area contributed by atoms with E-state index in [-0.39, 0.29) is 5.82 Å². The van der Waals surface area contributed by atoms with Crippen LogP contribution >= 0.6 is 23.1 Å². The van der Waals surface area contributed by atoms with Gasteiger partial charge in [-0.2, -0.15) is 4.37 Å². The molecular weight excluding hydrogens is 223 g/mol. The van der Waals surface area contributed by atoms with E-state index in [9.17, 15) is 4.39 Å². The average molecular weight is 229 g/mol. The van der Waals surface area contributed by atoms with Crippen molar-refractivity contribution in [2.45, 2.75) is 6.92 Å². The summed E-state index contributed by atoms with van der Waals surface area (Å²) < 4.78 is 17.5. The van der Waals surface area contributed by atoms with Gasteiger partial charge in [0.05, 0.1) is 0 Å². The molecule has 1 aromatic heterocycles. The fourth-order valence-corrected chi connectivity index (χ4v) is 1.67. The standard InChI is InChI=1S/C9H6ClFN2S/c1-5-2-3-6(4-7(5)11)8-12-9(10)14-13-8/h2-4H,1H3. The van der Waals surface area contributed by atoms with E-state index in [2.05, 4.69) is 9.36 Å². The zero-order valence-corrected chi connectivity index (χ0v) is 8.86. The molecule has 0 saturated carbocycles. The normalized spacial score (nSPS) is 10.5. The van der Waals surface area contributed by atoms with Crippen LogP contribution in [0.15, 0.2) is 18.2 Å². The lowest BCUT2D eigenvalue weighted by molar-refractivity contribution is 0.619. The van der Waals surface area contributed by atoms with Crippen LogP contribution in [0.5, 0.6) is 0 Å². The maximum Gasteiger partial charge on any atom is 0.203 e. The molecule has 0 aliphatic rings. The largest absolute Gasteiger partial charge is 0.207 e. The van der Waals surface area contributed by atoms with E-state index < -0.39 is 0 Å². The van der Waals surface area contributed by atoms with Crippen molar-refractivity contribution in [3.63, 3.8) is 0 Å². The topological polar surface area (TPSA) is 25.8 Å². The van der Waals surface area contributed by atoms with Gasteiger partial charge in [-0.1, -0.05) is 12.1 Å². The van der Waals surface area contributed by atoms with Crippen LogP contribution in [0.25, 0.3) is 11.4 Å². The Bertz CT molecular complexity index is 470. The van der Waals surface area contributed by atoms with Crippen LogP contribution in [0, 0.1) is 12.7 Å². The molecule has 1 aromatic carbocycles. The van der Waals surface area contributed by atoms with E-state index in [1.54, 1.807) is 19.1 Å². The van der Waals surface area contributed by atoms with Gasteiger partial charge in [0.1, 0.15) is 5.82 Å². The maximum atomic E-state index is 13.2. The first-order chi connectivity index (χ1) is 6.66. The first-order valence-electron chi connectivity index (χ1n) is 3.92. The Hall–Kier alpha value is -1.00. The van der Waals surface area contributed by atoms with Crippen LogP contribution in [0.4, 0.5) is 4.39 Å². The molecule has 0 unspecified atom stereocenters. The van der Waals surface area contributed by atoms with Gasteiger partial charge in [-0.05, 0) is 41.7 Å². The molecule has 1 heterocycles. The third-order valence-corrected chi connectivity index (χ3v) is 2.63. The van der Waals surface area contributed by atoms with E-state index in [0.29, 0.717) is 21.4 Å². The number of halogens is 2. The van der Waals surface area contributed by atoms with Crippen LogP contribution in [0.2, 0.25) is 4.47 Å². The number of nitrogens with zero attached hydrogens (tertiary/aromatic N) is 2. The molecule has 5 heteroatoms. The first kappa shape index (κ1) is 9.55. The fourth-order valence-electron chi connectivity index (χ4n) is 1.05.